The molecule has 3 aromatic heterocycles. The number of halogens is 15. The van der Waals surface area contributed by atoms with Gasteiger partial charge in [0.05, 0.1) is 62.2 Å². The number of H-pyrrole nitrogens is 2. The molecule has 0 aliphatic carbocycles. The van der Waals surface area contributed by atoms with Crippen molar-refractivity contribution >= 4 is 70.7 Å². The van der Waals surface area contributed by atoms with Crippen LogP contribution in [0.5, 0.6) is 0 Å². The first kappa shape index (κ1) is 58.2. The van der Waals surface area contributed by atoms with Crippen LogP contribution in [0.2, 0.25) is 0 Å². The van der Waals surface area contributed by atoms with Crippen LogP contribution in [0.1, 0.15) is 62.2 Å². The molecule has 6 aromatic carbocycles. The highest BCUT2D eigenvalue weighted by Gasteiger charge is 2.34. The smallest absolute Gasteiger partial charge is 0.200 e. The maximum Gasteiger partial charge on any atom is 0.200 e. The first-order valence-corrected chi connectivity index (χ1v) is 27.1. The molecule has 13 rings (SSSR count). The van der Waals surface area contributed by atoms with E-state index >= 15 is 52.7 Å². The highest BCUT2D eigenvalue weighted by atomic mass is 19.2. The van der Waals surface area contributed by atoms with Crippen molar-refractivity contribution in [1.82, 2.24) is 29.9 Å². The molecule has 12 bridgehead atoms. The van der Waals surface area contributed by atoms with Gasteiger partial charge in [-0.25, -0.2) is 85.8 Å². The molecule has 4 aliphatic rings. The van der Waals surface area contributed by atoms with Gasteiger partial charge in [0.2, 0.25) is 17.5 Å². The van der Waals surface area contributed by atoms with Crippen LogP contribution in [-0.4, -0.2) is 29.9 Å². The average molecular weight is 1230 g/mol. The van der Waals surface area contributed by atoms with Crippen LogP contribution in [0, 0.1) is 108 Å². The Balaban J connectivity index is 1.27. The second-order valence-corrected chi connectivity index (χ2v) is 21.1. The van der Waals surface area contributed by atoms with Crippen LogP contribution in [0.25, 0.3) is 137 Å². The van der Waals surface area contributed by atoms with Crippen molar-refractivity contribution in [2.75, 3.05) is 0 Å². The summed E-state index contributed by atoms with van der Waals surface area (Å²) in [4.78, 5) is 24.9. The number of benzene rings is 6. The number of hydrogen-bond donors (Lipinski definition) is 2. The summed E-state index contributed by atoms with van der Waals surface area (Å²) in [6.45, 7) is 5.29. The molecule has 0 unspecified atom stereocenters. The van der Waals surface area contributed by atoms with E-state index in [2.05, 4.69) is 9.97 Å². The zero-order chi connectivity index (χ0) is 63.5. The number of rotatable bonds is 6. The zero-order valence-corrected chi connectivity index (χ0v) is 46.3. The molecular formula is C69H35F15N6. The Kier molecular flexibility index (Phi) is 14.3. The van der Waals surface area contributed by atoms with E-state index in [0.717, 1.165) is 16.7 Å². The lowest BCUT2D eigenvalue weighted by Crippen LogP contribution is -2.06. The van der Waals surface area contributed by atoms with Crippen LogP contribution in [0.3, 0.4) is 0 Å². The number of nitrogens with zero attached hydrogens (tertiary/aromatic N) is 4. The first-order valence-electron chi connectivity index (χ1n) is 27.1. The fraction of sp³-hybridized carbons (Fsp3) is 0.0435. The van der Waals surface area contributed by atoms with Crippen LogP contribution >= 0.6 is 0 Å². The molecule has 9 aromatic rings. The molecule has 21 heteroatoms. The van der Waals surface area contributed by atoms with Crippen LogP contribution < -0.4 is 0 Å². The van der Waals surface area contributed by atoms with Crippen molar-refractivity contribution in [3.05, 3.63) is 247 Å². The number of aromatic nitrogens is 6. The molecule has 0 saturated heterocycles. The molecular weight excluding hydrogens is 1200 g/mol. The van der Waals surface area contributed by atoms with Gasteiger partial charge in [0, 0.05) is 55.4 Å². The van der Waals surface area contributed by atoms with Crippen LogP contribution in [-0.2, 0) is 0 Å². The van der Waals surface area contributed by atoms with E-state index in [9.17, 15) is 13.2 Å². The first-order chi connectivity index (χ1) is 43.1. The third-order valence-electron chi connectivity index (χ3n) is 15.5. The lowest BCUT2D eigenvalue weighted by Gasteiger charge is -2.11. The highest BCUT2D eigenvalue weighted by Crippen LogP contribution is 2.45. The summed E-state index contributed by atoms with van der Waals surface area (Å²) in [5, 5.41) is 0. The Hall–Kier alpha value is -10.8. The van der Waals surface area contributed by atoms with Crippen molar-refractivity contribution in [2.24, 2.45) is 0 Å². The van der Waals surface area contributed by atoms with E-state index in [0.29, 0.717) is 16.7 Å². The molecule has 0 fully saturated rings. The van der Waals surface area contributed by atoms with Crippen molar-refractivity contribution in [3.63, 3.8) is 0 Å². The summed E-state index contributed by atoms with van der Waals surface area (Å²) < 4.78 is 237. The fourth-order valence-electron chi connectivity index (χ4n) is 11.1. The largest absolute Gasteiger partial charge is 0.354 e. The second kappa shape index (κ2) is 22.1. The van der Waals surface area contributed by atoms with Crippen molar-refractivity contribution in [3.8, 4) is 66.8 Å². The molecule has 6 nitrogen and oxygen atoms in total. The predicted octanol–water partition coefficient (Wildman–Crippen LogP) is 19.7. The molecule has 2 N–H and O–H groups in total. The molecule has 0 atom stereocenters. The zero-order valence-electron chi connectivity index (χ0n) is 46.3. The fourth-order valence-corrected chi connectivity index (χ4v) is 11.1. The van der Waals surface area contributed by atoms with Crippen LogP contribution in [0.4, 0.5) is 65.9 Å². The minimum Gasteiger partial charge on any atom is -0.354 e. The topological polar surface area (TPSA) is 83.1 Å². The Bertz CT molecular complexity index is 4790. The van der Waals surface area contributed by atoms with Gasteiger partial charge in [-0.3, -0.25) is 0 Å². The monoisotopic (exact) mass is 1230 g/mol. The second-order valence-electron chi connectivity index (χ2n) is 21.1. The maximum absolute atomic E-state index is 16.5. The minimum absolute atomic E-state index is 0.0107. The molecule has 0 amide bonds. The molecule has 90 heavy (non-hydrogen) atoms. The summed E-state index contributed by atoms with van der Waals surface area (Å²) in [5.74, 6) is -35.1. The van der Waals surface area contributed by atoms with Gasteiger partial charge in [-0.2, -0.15) is 0 Å². The van der Waals surface area contributed by atoms with Gasteiger partial charge in [0.15, 0.2) is 69.8 Å². The highest BCUT2D eigenvalue weighted by molar-refractivity contribution is 6.01. The third kappa shape index (κ3) is 9.49. The molecule has 7 heterocycles. The number of aryl methyl sites for hydroxylation is 3. The Morgan fingerprint density at radius 3 is 0.656 bits per heavy atom. The van der Waals surface area contributed by atoms with Crippen LogP contribution in [0.15, 0.2) is 97.1 Å². The molecule has 0 radical (unpaired) electrons. The van der Waals surface area contributed by atoms with E-state index in [1.165, 1.54) is 72.9 Å². The van der Waals surface area contributed by atoms with Gasteiger partial charge in [-0.05, 0) is 110 Å². The third-order valence-corrected chi connectivity index (χ3v) is 15.5. The summed E-state index contributed by atoms with van der Waals surface area (Å²) in [6, 6.07) is 25.0. The number of aromatic amines is 2. The SMILES string of the molecule is Cc1ccc(-c2c3nc(c(-c4c(F)c(F)c(F)c(F)c4F)c4ccc([nH]4)c(-c4ccc(C)cc4)c4nc(c(-c5c(F)c(F)c(F)c(F)c5F)c5nc(c(-c6ccc(C)cc6)c6ccc([nH]6)c(-c6c(F)c(F)c(F)c(F)c6F)c6nc2C=C6)C=C5)C=C4)C=C3)cc1. The summed E-state index contributed by atoms with van der Waals surface area (Å²) in [7, 11) is 0. The molecule has 4 aliphatic heterocycles. The van der Waals surface area contributed by atoms with Crippen molar-refractivity contribution in [2.45, 2.75) is 20.8 Å². The average Bonchev–Trinajstić information content (AvgIpc) is 1.74. The maximum atomic E-state index is 16.5. The Labute approximate surface area is 498 Å². The minimum atomic E-state index is -2.49. The number of fused-ring (bicyclic) bond motifs is 12. The lowest BCUT2D eigenvalue weighted by atomic mass is 10.00. The molecule has 446 valence electrons. The van der Waals surface area contributed by atoms with E-state index in [1.807, 2.05) is 0 Å². The van der Waals surface area contributed by atoms with Gasteiger partial charge in [0.25, 0.3) is 0 Å². The van der Waals surface area contributed by atoms with Crippen molar-refractivity contribution in [1.29, 1.82) is 0 Å². The van der Waals surface area contributed by atoms with Crippen molar-refractivity contribution < 1.29 is 65.9 Å². The normalized spacial score (nSPS) is 12.4. The number of nitrogens with one attached hydrogen (secondary N) is 2. The summed E-state index contributed by atoms with van der Waals surface area (Å²) >= 11 is 0. The molecule has 0 saturated carbocycles. The van der Waals surface area contributed by atoms with Gasteiger partial charge in [-0.15, -0.1) is 0 Å². The van der Waals surface area contributed by atoms with E-state index < -0.39 is 143 Å². The lowest BCUT2D eigenvalue weighted by molar-refractivity contribution is 0.381. The Morgan fingerprint density at radius 2 is 0.389 bits per heavy atom. The van der Waals surface area contributed by atoms with Gasteiger partial charge in [0.1, 0.15) is 0 Å². The standard InChI is InChI=1S/C69H35F15N6/c1-28-4-10-31(11-5-28)46-34-16-22-40(85-34)49(52-55(70)61(76)67(82)62(77)56(52)71)42-24-18-36(87-42)47(32-12-6-29(2)7-13-32)38-20-26-44(89-38)51(54-59(74)65(80)69(84)66(81)60(54)75)45-27-21-39(90-45)48(33-14-8-30(3)9-15-33)37-19-25-43(88-37)50(41-23-17-35(46)86-41)53-57(72)63(78)68(83)64(79)58(53)73/h4-27,85,90H,1-3H3. The number of hydrogen-bond acceptors (Lipinski definition) is 4. The van der Waals surface area contributed by atoms with E-state index in [1.54, 1.807) is 93.6 Å². The predicted molar refractivity (Wildman–Crippen MR) is 314 cm³/mol. The van der Waals surface area contributed by atoms with Gasteiger partial charge >= 0.3 is 0 Å². The van der Waals surface area contributed by atoms with E-state index in [-0.39, 0.29) is 61.5 Å². The summed E-state index contributed by atoms with van der Waals surface area (Å²) in [5.41, 5.74) is -5.88. The van der Waals surface area contributed by atoms with E-state index in [4.69, 9.17) is 19.9 Å². The molecule has 0 spiro atoms. The Morgan fingerprint density at radius 1 is 0.200 bits per heavy atom. The van der Waals surface area contributed by atoms with Gasteiger partial charge < -0.3 is 9.97 Å². The quantitative estimate of drug-likeness (QED) is 0.0987. The van der Waals surface area contributed by atoms with Gasteiger partial charge in [-0.1, -0.05) is 89.5 Å². The summed E-state index contributed by atoms with van der Waals surface area (Å²) in [6.07, 6.45) is 9.99.